The summed E-state index contributed by atoms with van der Waals surface area (Å²) in [5.74, 6) is 2.23. The summed E-state index contributed by atoms with van der Waals surface area (Å²) in [5, 5.41) is 0. The first-order chi connectivity index (χ1) is 22.6. The number of ether oxygens (including phenoxy) is 1. The van der Waals surface area contributed by atoms with E-state index in [0.717, 1.165) is 36.4 Å². The molecule has 0 saturated carbocycles. The molecule has 0 aliphatic carbocycles. The van der Waals surface area contributed by atoms with Gasteiger partial charge >= 0.3 is 5.69 Å². The summed E-state index contributed by atoms with van der Waals surface area (Å²) in [4.78, 5) is 33.7. The molecule has 3 heterocycles. The summed E-state index contributed by atoms with van der Waals surface area (Å²) in [5.41, 5.74) is 1.41. The zero-order valence-corrected chi connectivity index (χ0v) is 28.1. The van der Waals surface area contributed by atoms with E-state index in [2.05, 4.69) is 11.8 Å². The minimum Gasteiger partial charge on any atom is -0.457 e. The minimum absolute atomic E-state index is 0.230. The highest BCUT2D eigenvalue weighted by atomic mass is 16.5. The maximum atomic E-state index is 13.6. The predicted octanol–water partition coefficient (Wildman–Crippen LogP) is 9.10. The summed E-state index contributed by atoms with van der Waals surface area (Å²) in [7, 11) is 1.72. The van der Waals surface area contributed by atoms with Crippen LogP contribution in [0.2, 0.25) is 0 Å². The molecule has 0 atom stereocenters. The van der Waals surface area contributed by atoms with Gasteiger partial charge in [0.25, 0.3) is 5.56 Å². The number of para-hydroxylation sites is 1. The summed E-state index contributed by atoms with van der Waals surface area (Å²) in [6.07, 6.45) is 20.7. The Kier molecular flexibility index (Phi) is 12.5. The van der Waals surface area contributed by atoms with Crippen molar-refractivity contribution in [1.29, 1.82) is 0 Å². The lowest BCUT2D eigenvalue weighted by Crippen LogP contribution is -2.39. The molecule has 0 amide bonds. The Balaban J connectivity index is 1.08. The molecule has 5 rings (SSSR count). The third kappa shape index (κ3) is 8.51. The van der Waals surface area contributed by atoms with Gasteiger partial charge in [-0.2, -0.15) is 4.98 Å². The Labute approximate surface area is 274 Å². The van der Waals surface area contributed by atoms with E-state index >= 15 is 0 Å². The zero-order chi connectivity index (χ0) is 32.1. The van der Waals surface area contributed by atoms with Gasteiger partial charge in [0.05, 0.1) is 0 Å². The van der Waals surface area contributed by atoms with Gasteiger partial charge in [0.15, 0.2) is 11.2 Å². The molecule has 0 fully saturated rings. The van der Waals surface area contributed by atoms with E-state index in [1.807, 2.05) is 59.2 Å². The van der Waals surface area contributed by atoms with E-state index in [1.54, 1.807) is 7.05 Å². The number of benzene rings is 2. The highest BCUT2D eigenvalue weighted by Crippen LogP contribution is 2.33. The zero-order valence-electron chi connectivity index (χ0n) is 28.1. The van der Waals surface area contributed by atoms with Crippen LogP contribution in [-0.2, 0) is 20.1 Å². The molecule has 0 unspecified atom stereocenters. The monoisotopic (exact) mass is 627 g/mol. The van der Waals surface area contributed by atoms with Gasteiger partial charge in [-0.25, -0.2) is 4.79 Å². The van der Waals surface area contributed by atoms with Crippen LogP contribution in [0, 0.1) is 0 Å². The molecule has 0 spiro atoms. The molecule has 1 aliphatic heterocycles. The second-order valence-corrected chi connectivity index (χ2v) is 12.9. The molecule has 0 N–H and O–H groups in total. The smallest absolute Gasteiger partial charge is 0.332 e. The van der Waals surface area contributed by atoms with Gasteiger partial charge in [-0.1, -0.05) is 121 Å². The fraction of sp³-hybridized carbons (Fsp3) is 0.553. The molecule has 46 heavy (non-hydrogen) atoms. The van der Waals surface area contributed by atoms with E-state index < -0.39 is 0 Å². The van der Waals surface area contributed by atoms with Gasteiger partial charge in [0, 0.05) is 32.4 Å². The second kappa shape index (κ2) is 17.2. The normalized spacial score (nSPS) is 12.7. The Bertz CT molecular complexity index is 1620. The van der Waals surface area contributed by atoms with Gasteiger partial charge < -0.3 is 14.2 Å². The number of aromatic nitrogens is 4. The Morgan fingerprint density at radius 1 is 0.674 bits per heavy atom. The van der Waals surface area contributed by atoms with Crippen molar-refractivity contribution in [2.24, 2.45) is 7.05 Å². The molecule has 0 saturated heterocycles. The molecule has 0 bridgehead atoms. The number of hydrogen-bond acceptors (Lipinski definition) is 5. The highest BCUT2D eigenvalue weighted by molar-refractivity contribution is 5.77. The van der Waals surface area contributed by atoms with Crippen LogP contribution in [0.15, 0.2) is 64.2 Å². The van der Waals surface area contributed by atoms with Crippen LogP contribution in [0.1, 0.15) is 110 Å². The van der Waals surface area contributed by atoms with Crippen molar-refractivity contribution in [2.45, 2.75) is 123 Å². The second-order valence-electron chi connectivity index (χ2n) is 12.9. The van der Waals surface area contributed by atoms with Crippen molar-refractivity contribution >= 4 is 22.8 Å². The van der Waals surface area contributed by atoms with Crippen LogP contribution < -0.4 is 20.9 Å². The van der Waals surface area contributed by atoms with Crippen LogP contribution in [0.25, 0.3) is 11.2 Å². The summed E-state index contributed by atoms with van der Waals surface area (Å²) in [6, 6.07) is 17.6. The Morgan fingerprint density at radius 2 is 1.22 bits per heavy atom. The number of nitrogens with zero attached hydrogens (tertiary/aromatic N) is 5. The Hall–Kier alpha value is -3.81. The van der Waals surface area contributed by atoms with Crippen molar-refractivity contribution < 1.29 is 4.74 Å². The topological polar surface area (TPSA) is 74.3 Å². The molecule has 4 aromatic rings. The Morgan fingerprint density at radius 3 is 1.80 bits per heavy atom. The van der Waals surface area contributed by atoms with E-state index in [9.17, 15) is 9.59 Å². The van der Waals surface area contributed by atoms with Crippen LogP contribution in [0.5, 0.6) is 11.5 Å². The third-order valence-corrected chi connectivity index (χ3v) is 9.36. The van der Waals surface area contributed by atoms with E-state index in [0.29, 0.717) is 36.7 Å². The lowest BCUT2D eigenvalue weighted by molar-refractivity contribution is 0.482. The number of imidazole rings is 1. The molecular formula is C38H53N5O3. The maximum Gasteiger partial charge on any atom is 0.332 e. The van der Waals surface area contributed by atoms with E-state index in [4.69, 9.17) is 9.72 Å². The van der Waals surface area contributed by atoms with Gasteiger partial charge in [-0.15, -0.1) is 0 Å². The number of anilines is 2. The van der Waals surface area contributed by atoms with Crippen molar-refractivity contribution in [3.63, 3.8) is 0 Å². The van der Waals surface area contributed by atoms with Crippen LogP contribution in [-0.4, -0.2) is 25.2 Å². The third-order valence-electron chi connectivity index (χ3n) is 9.36. The molecular weight excluding hydrogens is 574 g/mol. The molecule has 1 aliphatic rings. The SMILES string of the molecule is CCCCCCCCCCCCCCCCCCn1c(=O)c2c(nc3n2CCN3c2ccc(Oc3ccccc3)cc2)n(C)c1=O. The van der Waals surface area contributed by atoms with Gasteiger partial charge in [0.2, 0.25) is 5.95 Å². The molecule has 8 nitrogen and oxygen atoms in total. The highest BCUT2D eigenvalue weighted by Gasteiger charge is 2.28. The number of hydrogen-bond donors (Lipinski definition) is 0. The minimum atomic E-state index is -0.288. The van der Waals surface area contributed by atoms with Crippen molar-refractivity contribution in [3.8, 4) is 11.5 Å². The lowest BCUT2D eigenvalue weighted by Gasteiger charge is -2.16. The summed E-state index contributed by atoms with van der Waals surface area (Å²) < 4.78 is 10.9. The van der Waals surface area contributed by atoms with E-state index in [1.165, 1.54) is 92.6 Å². The first-order valence-corrected chi connectivity index (χ1v) is 17.9. The average molecular weight is 628 g/mol. The van der Waals surface area contributed by atoms with Crippen molar-refractivity contribution in [3.05, 3.63) is 75.4 Å². The van der Waals surface area contributed by atoms with Crippen LogP contribution >= 0.6 is 0 Å². The molecule has 0 radical (unpaired) electrons. The standard InChI is InChI=1S/C38H53N5O3/c1-3-4-5-6-7-8-9-10-11-12-13-14-15-16-17-21-28-43-36(44)34-35(40(2)38(43)45)39-37-41(29-30-42(34)37)31-24-26-33(27-25-31)46-32-22-19-18-20-23-32/h18-20,22-27H,3-17,21,28-30H2,1-2H3. The predicted molar refractivity (Wildman–Crippen MR) is 189 cm³/mol. The van der Waals surface area contributed by atoms with Gasteiger partial charge in [-0.05, 0) is 42.8 Å². The summed E-state index contributed by atoms with van der Waals surface area (Å²) in [6.45, 7) is 4.07. The number of unbranched alkanes of at least 4 members (excludes halogenated alkanes) is 15. The van der Waals surface area contributed by atoms with Gasteiger partial charge in [0.1, 0.15) is 11.5 Å². The van der Waals surface area contributed by atoms with Crippen LogP contribution in [0.4, 0.5) is 11.6 Å². The average Bonchev–Trinajstić information content (AvgIpc) is 3.66. The fourth-order valence-corrected chi connectivity index (χ4v) is 6.66. The fourth-order valence-electron chi connectivity index (χ4n) is 6.66. The molecule has 248 valence electrons. The first-order valence-electron chi connectivity index (χ1n) is 17.9. The van der Waals surface area contributed by atoms with Gasteiger partial charge in [-0.3, -0.25) is 13.9 Å². The number of fused-ring (bicyclic) bond motifs is 3. The molecule has 2 aromatic carbocycles. The number of aryl methyl sites for hydroxylation is 1. The first kappa shape index (κ1) is 33.6. The van der Waals surface area contributed by atoms with Crippen LogP contribution in [0.3, 0.4) is 0 Å². The lowest BCUT2D eigenvalue weighted by atomic mass is 10.0. The largest absolute Gasteiger partial charge is 0.457 e. The quantitative estimate of drug-likeness (QED) is 0.0914. The maximum absolute atomic E-state index is 13.6. The number of rotatable bonds is 20. The van der Waals surface area contributed by atoms with E-state index in [-0.39, 0.29) is 11.2 Å². The van der Waals surface area contributed by atoms with Crippen molar-refractivity contribution in [1.82, 2.24) is 18.7 Å². The van der Waals surface area contributed by atoms with Crippen molar-refractivity contribution in [2.75, 3.05) is 11.4 Å². The molecule has 2 aromatic heterocycles. The summed E-state index contributed by atoms with van der Waals surface area (Å²) >= 11 is 0. The molecule has 8 heteroatoms.